The minimum Gasteiger partial charge on any atom is -0.296 e. The van der Waals surface area contributed by atoms with Gasteiger partial charge in [-0.1, -0.05) is 78.9 Å². The molecule has 0 bridgehead atoms. The van der Waals surface area contributed by atoms with Crippen LogP contribution >= 0.6 is 0 Å². The molecule has 0 aliphatic rings. The average Bonchev–Trinajstić information content (AvgIpc) is 2.75. The second-order valence-corrected chi connectivity index (χ2v) is 6.19. The number of rotatable bonds is 7. The normalized spacial score (nSPS) is 11.3. The van der Waals surface area contributed by atoms with Crippen LogP contribution in [-0.4, -0.2) is 22.9 Å². The lowest BCUT2D eigenvalue weighted by Gasteiger charge is -2.23. The van der Waals surface area contributed by atoms with Gasteiger partial charge in [-0.3, -0.25) is 14.4 Å². The van der Waals surface area contributed by atoms with E-state index in [-0.39, 0.29) is 11.1 Å². The van der Waals surface area contributed by atoms with Gasteiger partial charge in [0, 0.05) is 11.1 Å². The van der Waals surface area contributed by atoms with Gasteiger partial charge in [-0.15, -0.1) is 0 Å². The number of carbonyl (C=O) groups is 3. The molecule has 0 aromatic heterocycles. The maximum atomic E-state index is 13.3. The first kappa shape index (κ1) is 19.0. The van der Waals surface area contributed by atoms with Crippen molar-refractivity contribution in [2.24, 2.45) is 10.2 Å². The highest BCUT2D eigenvalue weighted by Crippen LogP contribution is 2.27. The topological polar surface area (TPSA) is 75.9 Å². The summed E-state index contributed by atoms with van der Waals surface area (Å²) in [7, 11) is 0. The molecule has 5 nitrogen and oxygen atoms in total. The van der Waals surface area contributed by atoms with E-state index in [1.54, 1.807) is 84.9 Å². The van der Waals surface area contributed by atoms with Crippen molar-refractivity contribution in [3.63, 3.8) is 0 Å². The maximum Gasteiger partial charge on any atom is 0.263 e. The number of nitrogens with zero attached hydrogens (tertiary/aromatic N) is 2. The minimum absolute atomic E-state index is 0.217. The summed E-state index contributed by atoms with van der Waals surface area (Å²) >= 11 is 0. The summed E-state index contributed by atoms with van der Waals surface area (Å²) in [6, 6.07) is 25.0. The summed E-state index contributed by atoms with van der Waals surface area (Å²) in [5.41, 5.74) is -1.41. The molecule has 138 valence electrons. The molecule has 0 aliphatic heterocycles. The van der Waals surface area contributed by atoms with E-state index < -0.39 is 22.9 Å². The van der Waals surface area contributed by atoms with Gasteiger partial charge < -0.3 is 0 Å². The van der Waals surface area contributed by atoms with Crippen molar-refractivity contribution in [2.45, 2.75) is 12.5 Å². The van der Waals surface area contributed by atoms with E-state index in [4.69, 9.17) is 0 Å². The zero-order valence-electron chi connectivity index (χ0n) is 15.3. The Balaban J connectivity index is 2.18. The first-order chi connectivity index (χ1) is 13.6. The molecule has 0 heterocycles. The van der Waals surface area contributed by atoms with Gasteiger partial charge in [-0.05, 0) is 19.1 Å². The molecule has 0 saturated heterocycles. The van der Waals surface area contributed by atoms with Gasteiger partial charge in [-0.2, -0.15) is 10.2 Å². The first-order valence-electron chi connectivity index (χ1n) is 8.74. The standard InChI is InChI=1S/C23H18N2O3/c1-17(26)23(21(27)18-11-5-2-6-12-18,22(28)19-13-7-3-8-14-19)25-24-20-15-9-4-10-16-20/h2-16H,1H3. The monoisotopic (exact) mass is 370 g/mol. The van der Waals surface area contributed by atoms with Crippen molar-refractivity contribution >= 4 is 23.0 Å². The molecule has 0 atom stereocenters. The molecule has 3 rings (SSSR count). The molecular formula is C23H18N2O3. The van der Waals surface area contributed by atoms with Gasteiger partial charge in [0.1, 0.15) is 0 Å². The van der Waals surface area contributed by atoms with Crippen molar-refractivity contribution in [3.05, 3.63) is 102 Å². The third kappa shape index (κ3) is 3.69. The molecule has 5 heteroatoms. The smallest absolute Gasteiger partial charge is 0.263 e. The minimum atomic E-state index is -2.28. The van der Waals surface area contributed by atoms with Crippen LogP contribution in [0.1, 0.15) is 27.6 Å². The van der Waals surface area contributed by atoms with Crippen LogP contribution < -0.4 is 0 Å². The summed E-state index contributed by atoms with van der Waals surface area (Å²) in [5, 5.41) is 8.11. The van der Waals surface area contributed by atoms with Crippen LogP contribution in [-0.2, 0) is 4.79 Å². The number of Topliss-reactive ketones (excluding diaryl/α,β-unsaturated/α-hetero) is 3. The summed E-state index contributed by atoms with van der Waals surface area (Å²) in [6.45, 7) is 1.19. The Morgan fingerprint density at radius 1 is 0.643 bits per heavy atom. The van der Waals surface area contributed by atoms with Crippen LogP contribution in [0.15, 0.2) is 101 Å². The third-order valence-corrected chi connectivity index (χ3v) is 4.31. The van der Waals surface area contributed by atoms with Crippen LogP contribution in [0.3, 0.4) is 0 Å². The zero-order chi connectivity index (χ0) is 20.0. The average molecular weight is 370 g/mol. The lowest BCUT2D eigenvalue weighted by Crippen LogP contribution is -2.50. The van der Waals surface area contributed by atoms with Crippen LogP contribution in [0.2, 0.25) is 0 Å². The lowest BCUT2D eigenvalue weighted by molar-refractivity contribution is -0.119. The predicted molar refractivity (Wildman–Crippen MR) is 106 cm³/mol. The zero-order valence-corrected chi connectivity index (χ0v) is 15.3. The predicted octanol–water partition coefficient (Wildman–Crippen LogP) is 4.86. The van der Waals surface area contributed by atoms with Crippen molar-refractivity contribution < 1.29 is 14.4 Å². The fourth-order valence-electron chi connectivity index (χ4n) is 2.81. The molecule has 0 fully saturated rings. The molecule has 0 radical (unpaired) electrons. The Kier molecular flexibility index (Phi) is 5.65. The number of azo groups is 1. The van der Waals surface area contributed by atoms with E-state index in [0.29, 0.717) is 5.69 Å². The van der Waals surface area contributed by atoms with E-state index in [9.17, 15) is 14.4 Å². The first-order valence-corrected chi connectivity index (χ1v) is 8.74. The highest BCUT2D eigenvalue weighted by atomic mass is 16.2. The van der Waals surface area contributed by atoms with Gasteiger partial charge in [0.15, 0.2) is 5.78 Å². The van der Waals surface area contributed by atoms with Crippen LogP contribution in [0.5, 0.6) is 0 Å². The van der Waals surface area contributed by atoms with Gasteiger partial charge >= 0.3 is 0 Å². The largest absolute Gasteiger partial charge is 0.296 e. The van der Waals surface area contributed by atoms with Gasteiger partial charge in [0.05, 0.1) is 5.69 Å². The fourth-order valence-corrected chi connectivity index (χ4v) is 2.81. The van der Waals surface area contributed by atoms with Crippen molar-refractivity contribution in [2.75, 3.05) is 0 Å². The molecule has 0 amide bonds. The van der Waals surface area contributed by atoms with Gasteiger partial charge in [0.2, 0.25) is 11.6 Å². The second kappa shape index (κ2) is 8.31. The molecule has 3 aromatic rings. The SMILES string of the molecule is CC(=O)C(N=Nc1ccccc1)(C(=O)c1ccccc1)C(=O)c1ccccc1. The quantitative estimate of drug-likeness (QED) is 0.338. The van der Waals surface area contributed by atoms with E-state index in [1.807, 2.05) is 6.07 Å². The molecule has 28 heavy (non-hydrogen) atoms. The number of hydrogen-bond acceptors (Lipinski definition) is 5. The second-order valence-electron chi connectivity index (χ2n) is 6.19. The Hall–Kier alpha value is -3.73. The number of benzene rings is 3. The number of carbonyl (C=O) groups excluding carboxylic acids is 3. The maximum absolute atomic E-state index is 13.3. The molecular weight excluding hydrogens is 352 g/mol. The molecule has 0 aliphatic carbocycles. The van der Waals surface area contributed by atoms with Crippen molar-refractivity contribution in [1.82, 2.24) is 0 Å². The lowest BCUT2D eigenvalue weighted by atomic mass is 9.80. The van der Waals surface area contributed by atoms with Crippen LogP contribution in [0.4, 0.5) is 5.69 Å². The molecule has 0 saturated carbocycles. The molecule has 3 aromatic carbocycles. The fraction of sp³-hybridized carbons (Fsp3) is 0.0870. The summed E-state index contributed by atoms with van der Waals surface area (Å²) in [4.78, 5) is 39.4. The van der Waals surface area contributed by atoms with Gasteiger partial charge in [-0.25, -0.2) is 0 Å². The van der Waals surface area contributed by atoms with Crippen molar-refractivity contribution in [1.29, 1.82) is 0 Å². The Labute approximate surface area is 162 Å². The summed E-state index contributed by atoms with van der Waals surface area (Å²) in [6.07, 6.45) is 0. The third-order valence-electron chi connectivity index (χ3n) is 4.31. The Bertz CT molecular complexity index is 962. The van der Waals surface area contributed by atoms with Crippen molar-refractivity contribution in [3.8, 4) is 0 Å². The highest BCUT2D eigenvalue weighted by Gasteiger charge is 2.51. The van der Waals surface area contributed by atoms with Gasteiger partial charge in [0.25, 0.3) is 5.54 Å². The van der Waals surface area contributed by atoms with Crippen LogP contribution in [0, 0.1) is 0 Å². The van der Waals surface area contributed by atoms with Crippen LogP contribution in [0.25, 0.3) is 0 Å². The van der Waals surface area contributed by atoms with E-state index in [0.717, 1.165) is 0 Å². The number of hydrogen-bond donors (Lipinski definition) is 0. The molecule has 0 unspecified atom stereocenters. The molecule has 0 spiro atoms. The van der Waals surface area contributed by atoms with E-state index >= 15 is 0 Å². The molecule has 0 N–H and O–H groups in total. The highest BCUT2D eigenvalue weighted by molar-refractivity contribution is 6.36. The van der Waals surface area contributed by atoms with E-state index in [1.165, 1.54) is 6.92 Å². The number of ketones is 3. The van der Waals surface area contributed by atoms with E-state index in [2.05, 4.69) is 10.2 Å². The summed E-state index contributed by atoms with van der Waals surface area (Å²) in [5.74, 6) is -2.09. The Morgan fingerprint density at radius 2 is 1.04 bits per heavy atom. The Morgan fingerprint density at radius 3 is 1.43 bits per heavy atom. The summed E-state index contributed by atoms with van der Waals surface area (Å²) < 4.78 is 0.